The molecule has 5 heteroatoms. The van der Waals surface area contributed by atoms with E-state index < -0.39 is 6.09 Å². The summed E-state index contributed by atoms with van der Waals surface area (Å²) < 4.78 is 0. The van der Waals surface area contributed by atoms with E-state index in [0.29, 0.717) is 12.5 Å². The van der Waals surface area contributed by atoms with Crippen LogP contribution in [0.25, 0.3) is 0 Å². The molecule has 0 radical (unpaired) electrons. The summed E-state index contributed by atoms with van der Waals surface area (Å²) in [7, 11) is 0. The van der Waals surface area contributed by atoms with Crippen molar-refractivity contribution < 1.29 is 9.90 Å². The van der Waals surface area contributed by atoms with Crippen molar-refractivity contribution in [3.8, 4) is 0 Å². The van der Waals surface area contributed by atoms with Gasteiger partial charge in [-0.05, 0) is 25.2 Å². The summed E-state index contributed by atoms with van der Waals surface area (Å²) in [5, 5.41) is 10.9. The van der Waals surface area contributed by atoms with Crippen molar-refractivity contribution in [2.45, 2.75) is 39.0 Å². The topological polar surface area (TPSA) is 78.0 Å². The van der Waals surface area contributed by atoms with E-state index in [4.69, 9.17) is 5.11 Å². The summed E-state index contributed by atoms with van der Waals surface area (Å²) in [6.45, 7) is 2.62. The minimum atomic E-state index is -0.935. The maximum absolute atomic E-state index is 10.3. The Kier molecular flexibility index (Phi) is 6.14. The number of unbranched alkanes of at least 4 members (excludes halogenated alkanes) is 2. The van der Waals surface area contributed by atoms with Crippen LogP contribution < -0.4 is 5.32 Å². The minimum Gasteiger partial charge on any atom is -0.465 e. The second-order valence-corrected chi connectivity index (χ2v) is 4.45. The Morgan fingerprint density at radius 1 is 1.53 bits per heavy atom. The zero-order chi connectivity index (χ0) is 12.5. The van der Waals surface area contributed by atoms with Crippen molar-refractivity contribution in [2.24, 2.45) is 5.92 Å². The van der Waals surface area contributed by atoms with Gasteiger partial charge in [0.05, 0.1) is 12.0 Å². The number of nitrogens with zero attached hydrogens (tertiary/aromatic N) is 1. The van der Waals surface area contributed by atoms with Crippen LogP contribution in [0.1, 0.15) is 38.3 Å². The van der Waals surface area contributed by atoms with Crippen LogP contribution >= 0.6 is 0 Å². The van der Waals surface area contributed by atoms with Crippen molar-refractivity contribution in [2.75, 3.05) is 6.54 Å². The van der Waals surface area contributed by atoms with Crippen LogP contribution in [0.5, 0.6) is 0 Å². The molecule has 0 aliphatic rings. The highest BCUT2D eigenvalue weighted by atomic mass is 16.4. The summed E-state index contributed by atoms with van der Waals surface area (Å²) in [5.41, 5.74) is 1.12. The second-order valence-electron chi connectivity index (χ2n) is 4.45. The van der Waals surface area contributed by atoms with Crippen LogP contribution in [-0.2, 0) is 6.42 Å². The average Bonchev–Trinajstić information content (AvgIpc) is 2.79. The zero-order valence-electron chi connectivity index (χ0n) is 10.3. The number of carboxylic acid groups (broad SMARTS) is 1. The summed E-state index contributed by atoms with van der Waals surface area (Å²) in [6, 6.07) is 0. The molecule has 3 N–H and O–H groups in total. The lowest BCUT2D eigenvalue weighted by Gasteiger charge is -2.10. The first-order valence-electron chi connectivity index (χ1n) is 6.13. The number of nitrogens with one attached hydrogen (secondary N) is 2. The van der Waals surface area contributed by atoms with E-state index in [1.54, 1.807) is 6.33 Å². The summed E-state index contributed by atoms with van der Waals surface area (Å²) in [6.07, 6.45) is 8.25. The SMILES string of the molecule is CC(CCCCCc1c[nH]cn1)CNC(=O)O. The monoisotopic (exact) mass is 239 g/mol. The molecule has 0 aromatic carbocycles. The number of rotatable bonds is 8. The van der Waals surface area contributed by atoms with Gasteiger partial charge in [0.25, 0.3) is 0 Å². The van der Waals surface area contributed by atoms with E-state index in [9.17, 15) is 4.79 Å². The Morgan fingerprint density at radius 2 is 2.35 bits per heavy atom. The largest absolute Gasteiger partial charge is 0.465 e. The van der Waals surface area contributed by atoms with E-state index >= 15 is 0 Å². The standard InChI is InChI=1S/C12H21N3O2/c1-10(7-14-12(16)17)5-3-2-4-6-11-8-13-9-15-11/h8-10,14H,2-7H2,1H3,(H,13,15)(H,16,17). The third kappa shape index (κ3) is 6.60. The predicted octanol–water partition coefficient (Wildman–Crippen LogP) is 2.42. The molecule has 96 valence electrons. The van der Waals surface area contributed by atoms with Gasteiger partial charge in [-0.3, -0.25) is 0 Å². The van der Waals surface area contributed by atoms with Crippen molar-refractivity contribution >= 4 is 6.09 Å². The maximum atomic E-state index is 10.3. The highest BCUT2D eigenvalue weighted by Gasteiger charge is 2.03. The van der Waals surface area contributed by atoms with Crippen LogP contribution in [0.3, 0.4) is 0 Å². The first-order chi connectivity index (χ1) is 8.18. The molecule has 0 saturated heterocycles. The van der Waals surface area contributed by atoms with Gasteiger partial charge in [-0.1, -0.05) is 19.8 Å². The molecule has 1 aromatic rings. The van der Waals surface area contributed by atoms with Crippen LogP contribution in [0, 0.1) is 5.92 Å². The molecule has 1 unspecified atom stereocenters. The average molecular weight is 239 g/mol. The highest BCUT2D eigenvalue weighted by Crippen LogP contribution is 2.10. The van der Waals surface area contributed by atoms with Crippen LogP contribution in [0.4, 0.5) is 4.79 Å². The van der Waals surface area contributed by atoms with Gasteiger partial charge >= 0.3 is 6.09 Å². The Hall–Kier alpha value is -1.52. The summed E-state index contributed by atoms with van der Waals surface area (Å²) in [4.78, 5) is 17.4. The Labute approximate surface area is 102 Å². The van der Waals surface area contributed by atoms with Gasteiger partial charge in [-0.15, -0.1) is 0 Å². The van der Waals surface area contributed by atoms with E-state index in [1.165, 1.54) is 6.42 Å². The smallest absolute Gasteiger partial charge is 0.404 e. The molecular formula is C12H21N3O2. The molecule has 0 saturated carbocycles. The van der Waals surface area contributed by atoms with Crippen LogP contribution in [-0.4, -0.2) is 27.7 Å². The van der Waals surface area contributed by atoms with Crippen molar-refractivity contribution in [1.29, 1.82) is 0 Å². The van der Waals surface area contributed by atoms with E-state index in [2.05, 4.69) is 22.2 Å². The van der Waals surface area contributed by atoms with Gasteiger partial charge in [-0.2, -0.15) is 0 Å². The molecule has 0 aliphatic heterocycles. The third-order valence-corrected chi connectivity index (χ3v) is 2.79. The highest BCUT2D eigenvalue weighted by molar-refractivity contribution is 5.64. The van der Waals surface area contributed by atoms with Crippen molar-refractivity contribution in [3.05, 3.63) is 18.2 Å². The van der Waals surface area contributed by atoms with Crippen molar-refractivity contribution in [3.63, 3.8) is 0 Å². The molecule has 1 atom stereocenters. The number of carbonyl (C=O) groups is 1. The van der Waals surface area contributed by atoms with E-state index in [0.717, 1.165) is 31.4 Å². The Balaban J connectivity index is 1.94. The lowest BCUT2D eigenvalue weighted by Crippen LogP contribution is -2.26. The molecule has 1 amide bonds. The van der Waals surface area contributed by atoms with Gasteiger partial charge in [-0.25, -0.2) is 9.78 Å². The molecule has 0 spiro atoms. The van der Waals surface area contributed by atoms with Gasteiger partial charge in [0.1, 0.15) is 0 Å². The lowest BCUT2D eigenvalue weighted by molar-refractivity contribution is 0.192. The van der Waals surface area contributed by atoms with Gasteiger partial charge < -0.3 is 15.4 Å². The number of amides is 1. The summed E-state index contributed by atoms with van der Waals surface area (Å²) in [5.74, 6) is 0.413. The molecule has 1 aromatic heterocycles. The van der Waals surface area contributed by atoms with Gasteiger partial charge in [0.2, 0.25) is 0 Å². The molecule has 0 aliphatic carbocycles. The molecule has 0 fully saturated rings. The Bertz CT molecular complexity index is 312. The number of imidazole rings is 1. The fourth-order valence-electron chi connectivity index (χ4n) is 1.77. The minimum absolute atomic E-state index is 0.413. The molecular weight excluding hydrogens is 218 g/mol. The third-order valence-electron chi connectivity index (χ3n) is 2.79. The van der Waals surface area contributed by atoms with E-state index in [1.807, 2.05) is 6.20 Å². The van der Waals surface area contributed by atoms with E-state index in [-0.39, 0.29) is 0 Å². The second kappa shape index (κ2) is 7.70. The normalized spacial score (nSPS) is 12.3. The predicted molar refractivity (Wildman–Crippen MR) is 66.0 cm³/mol. The van der Waals surface area contributed by atoms with Crippen LogP contribution in [0.15, 0.2) is 12.5 Å². The van der Waals surface area contributed by atoms with Gasteiger partial charge in [0, 0.05) is 12.7 Å². The fourth-order valence-corrected chi connectivity index (χ4v) is 1.77. The van der Waals surface area contributed by atoms with Crippen molar-refractivity contribution in [1.82, 2.24) is 15.3 Å². The van der Waals surface area contributed by atoms with Gasteiger partial charge in [0.15, 0.2) is 0 Å². The molecule has 5 nitrogen and oxygen atoms in total. The number of H-pyrrole nitrogens is 1. The number of aromatic nitrogens is 2. The molecule has 1 rings (SSSR count). The number of aryl methyl sites for hydroxylation is 1. The maximum Gasteiger partial charge on any atom is 0.404 e. The number of hydrogen-bond acceptors (Lipinski definition) is 2. The first kappa shape index (κ1) is 13.5. The quantitative estimate of drug-likeness (QED) is 0.610. The first-order valence-corrected chi connectivity index (χ1v) is 6.13. The molecule has 0 bridgehead atoms. The van der Waals surface area contributed by atoms with Crippen LogP contribution in [0.2, 0.25) is 0 Å². The summed E-state index contributed by atoms with van der Waals surface area (Å²) >= 11 is 0. The lowest BCUT2D eigenvalue weighted by atomic mass is 10.0. The number of hydrogen-bond donors (Lipinski definition) is 3. The zero-order valence-corrected chi connectivity index (χ0v) is 10.3. The molecule has 1 heterocycles. The molecule has 17 heavy (non-hydrogen) atoms. The fraction of sp³-hybridized carbons (Fsp3) is 0.667. The number of aromatic amines is 1. The Morgan fingerprint density at radius 3 is 3.00 bits per heavy atom.